The van der Waals surface area contributed by atoms with Gasteiger partial charge in [0, 0.05) is 22.0 Å². The SMILES string of the molecule is CSc1ccc2oc3c(c(=O)c2c1)C1CCCC(C(=O)O)=C31. The summed E-state index contributed by atoms with van der Waals surface area (Å²) >= 11 is 1.58. The van der Waals surface area contributed by atoms with E-state index in [1.54, 1.807) is 17.8 Å². The molecule has 1 N–H and O–H groups in total. The quantitative estimate of drug-likeness (QED) is 0.857. The molecule has 1 atom stereocenters. The van der Waals surface area contributed by atoms with Gasteiger partial charge >= 0.3 is 5.97 Å². The minimum Gasteiger partial charge on any atom is -0.478 e. The maximum Gasteiger partial charge on any atom is 0.331 e. The lowest BCUT2D eigenvalue weighted by Crippen LogP contribution is -2.30. The van der Waals surface area contributed by atoms with Gasteiger partial charge in [-0.15, -0.1) is 11.8 Å². The molecule has 1 aromatic carbocycles. The zero-order valence-electron chi connectivity index (χ0n) is 12.0. The first kappa shape index (κ1) is 13.6. The lowest BCUT2D eigenvalue weighted by Gasteiger charge is -2.36. The summed E-state index contributed by atoms with van der Waals surface area (Å²) < 4.78 is 5.88. The minimum absolute atomic E-state index is 0.00691. The van der Waals surface area contributed by atoms with E-state index in [1.807, 2.05) is 18.4 Å². The smallest absolute Gasteiger partial charge is 0.331 e. The van der Waals surface area contributed by atoms with E-state index in [-0.39, 0.29) is 11.3 Å². The number of aliphatic carboxylic acids is 1. The highest BCUT2D eigenvalue weighted by atomic mass is 32.2. The number of carboxylic acids is 1. The molecule has 4 rings (SSSR count). The lowest BCUT2D eigenvalue weighted by atomic mass is 9.68. The number of thioether (sulfide) groups is 1. The molecule has 0 aliphatic heterocycles. The molecule has 2 aliphatic carbocycles. The van der Waals surface area contributed by atoms with E-state index in [0.29, 0.717) is 34.3 Å². The van der Waals surface area contributed by atoms with Gasteiger partial charge in [-0.1, -0.05) is 0 Å². The number of carboxylic acid groups (broad SMARTS) is 1. The van der Waals surface area contributed by atoms with Gasteiger partial charge in [0.25, 0.3) is 0 Å². The highest BCUT2D eigenvalue weighted by molar-refractivity contribution is 7.98. The second kappa shape index (κ2) is 4.74. The lowest BCUT2D eigenvalue weighted by molar-refractivity contribution is -0.132. The van der Waals surface area contributed by atoms with Crippen LogP contribution in [0, 0.1) is 0 Å². The number of hydrogen-bond donors (Lipinski definition) is 1. The summed E-state index contributed by atoms with van der Waals surface area (Å²) in [6, 6.07) is 5.56. The molecule has 0 amide bonds. The minimum atomic E-state index is -0.897. The maximum atomic E-state index is 12.8. The van der Waals surface area contributed by atoms with Gasteiger partial charge in [-0.25, -0.2) is 4.79 Å². The van der Waals surface area contributed by atoms with Crippen molar-refractivity contribution in [3.63, 3.8) is 0 Å². The molecule has 1 unspecified atom stereocenters. The zero-order chi connectivity index (χ0) is 15.4. The molecule has 0 saturated heterocycles. The summed E-state index contributed by atoms with van der Waals surface area (Å²) in [6.07, 6.45) is 4.15. The van der Waals surface area contributed by atoms with Crippen LogP contribution in [-0.2, 0) is 4.79 Å². The molecule has 1 aromatic heterocycles. The molecule has 0 bridgehead atoms. The van der Waals surface area contributed by atoms with E-state index in [1.165, 1.54) is 0 Å². The van der Waals surface area contributed by atoms with Gasteiger partial charge in [-0.2, -0.15) is 0 Å². The second-order valence-electron chi connectivity index (χ2n) is 5.68. The maximum absolute atomic E-state index is 12.8. The number of carbonyl (C=O) groups is 1. The summed E-state index contributed by atoms with van der Waals surface area (Å²) in [5, 5.41) is 9.95. The summed E-state index contributed by atoms with van der Waals surface area (Å²) in [7, 11) is 0. The fourth-order valence-corrected chi connectivity index (χ4v) is 3.97. The molecule has 22 heavy (non-hydrogen) atoms. The number of hydrogen-bond acceptors (Lipinski definition) is 4. The van der Waals surface area contributed by atoms with Gasteiger partial charge < -0.3 is 9.52 Å². The standard InChI is InChI=1S/C17H14O4S/c1-22-8-5-6-12-11(7-8)15(18)14-9-3-2-4-10(17(19)20)13(9)16(14)21-12/h5-7,9H,2-4H2,1H3,(H,19,20). The van der Waals surface area contributed by atoms with Crippen molar-refractivity contribution in [3.8, 4) is 0 Å². The monoisotopic (exact) mass is 314 g/mol. The fourth-order valence-electron chi connectivity index (χ4n) is 3.53. The van der Waals surface area contributed by atoms with E-state index in [0.717, 1.165) is 23.3 Å². The molecule has 0 fully saturated rings. The fraction of sp³-hybridized carbons (Fsp3) is 0.294. The van der Waals surface area contributed by atoms with Gasteiger partial charge in [0.2, 0.25) is 0 Å². The number of rotatable bonds is 2. The molecule has 2 aliphatic rings. The molecule has 2 aromatic rings. The van der Waals surface area contributed by atoms with Crippen molar-refractivity contribution in [1.82, 2.24) is 0 Å². The van der Waals surface area contributed by atoms with Crippen molar-refractivity contribution in [3.05, 3.63) is 45.3 Å². The summed E-state index contributed by atoms with van der Waals surface area (Å²) in [5.74, 6) is -0.462. The normalized spacial score (nSPS) is 19.6. The summed E-state index contributed by atoms with van der Waals surface area (Å²) in [4.78, 5) is 25.2. The van der Waals surface area contributed by atoms with Crippen LogP contribution in [0.4, 0.5) is 0 Å². The van der Waals surface area contributed by atoms with Crippen molar-refractivity contribution in [1.29, 1.82) is 0 Å². The van der Waals surface area contributed by atoms with Crippen molar-refractivity contribution in [2.75, 3.05) is 6.26 Å². The molecule has 1 heterocycles. The first-order chi connectivity index (χ1) is 10.6. The average molecular weight is 314 g/mol. The van der Waals surface area contributed by atoms with Crippen LogP contribution in [0.3, 0.4) is 0 Å². The highest BCUT2D eigenvalue weighted by Gasteiger charge is 2.43. The van der Waals surface area contributed by atoms with E-state index < -0.39 is 5.97 Å². The molecule has 112 valence electrons. The molecule has 0 radical (unpaired) electrons. The first-order valence-corrected chi connectivity index (χ1v) is 8.45. The van der Waals surface area contributed by atoms with Gasteiger partial charge in [0.15, 0.2) is 5.43 Å². The van der Waals surface area contributed by atoms with E-state index >= 15 is 0 Å². The summed E-state index contributed by atoms with van der Waals surface area (Å²) in [5.41, 5.74) is 2.34. The Kier molecular flexibility index (Phi) is 2.94. The predicted molar refractivity (Wildman–Crippen MR) is 85.4 cm³/mol. The molecule has 5 heteroatoms. The average Bonchev–Trinajstić information content (AvgIpc) is 2.51. The highest BCUT2D eigenvalue weighted by Crippen LogP contribution is 2.53. The van der Waals surface area contributed by atoms with Crippen LogP contribution in [0.5, 0.6) is 0 Å². The predicted octanol–water partition coefficient (Wildman–Crippen LogP) is 3.63. The number of fused-ring (bicyclic) bond motifs is 5. The molecule has 0 saturated carbocycles. The Morgan fingerprint density at radius 1 is 1.41 bits per heavy atom. The van der Waals surface area contributed by atoms with Gasteiger partial charge in [0.1, 0.15) is 11.3 Å². The van der Waals surface area contributed by atoms with Crippen LogP contribution in [0.15, 0.2) is 37.9 Å². The van der Waals surface area contributed by atoms with Crippen molar-refractivity contribution in [2.24, 2.45) is 0 Å². The van der Waals surface area contributed by atoms with Gasteiger partial charge in [-0.05, 0) is 43.7 Å². The topological polar surface area (TPSA) is 67.5 Å². The Balaban J connectivity index is 2.02. The van der Waals surface area contributed by atoms with Crippen molar-refractivity contribution >= 4 is 34.3 Å². The van der Waals surface area contributed by atoms with Gasteiger partial charge in [-0.3, -0.25) is 4.79 Å². The zero-order valence-corrected chi connectivity index (χ0v) is 12.8. The molecule has 4 nitrogen and oxygen atoms in total. The third kappa shape index (κ3) is 1.72. The molecule has 0 spiro atoms. The molecular weight excluding hydrogens is 300 g/mol. The largest absolute Gasteiger partial charge is 0.478 e. The van der Waals surface area contributed by atoms with Crippen LogP contribution in [-0.4, -0.2) is 17.3 Å². The second-order valence-corrected chi connectivity index (χ2v) is 6.56. The van der Waals surface area contributed by atoms with Crippen LogP contribution in [0.25, 0.3) is 16.5 Å². The Morgan fingerprint density at radius 3 is 2.95 bits per heavy atom. The van der Waals surface area contributed by atoms with Crippen LogP contribution >= 0.6 is 11.8 Å². The van der Waals surface area contributed by atoms with Crippen LogP contribution in [0.1, 0.15) is 36.5 Å². The van der Waals surface area contributed by atoms with Crippen molar-refractivity contribution in [2.45, 2.75) is 30.1 Å². The Morgan fingerprint density at radius 2 is 2.23 bits per heavy atom. The molecular formula is C17H14O4S. The van der Waals surface area contributed by atoms with Crippen molar-refractivity contribution < 1.29 is 14.3 Å². The van der Waals surface area contributed by atoms with E-state index in [2.05, 4.69) is 0 Å². The van der Waals surface area contributed by atoms with E-state index in [9.17, 15) is 14.7 Å². The third-order valence-electron chi connectivity index (χ3n) is 4.58. The Hall–Kier alpha value is -2.01. The first-order valence-electron chi connectivity index (χ1n) is 7.23. The Labute approximate surface area is 130 Å². The van der Waals surface area contributed by atoms with Crippen LogP contribution < -0.4 is 5.43 Å². The number of allylic oxidation sites excluding steroid dienone is 1. The Bertz CT molecular complexity index is 907. The van der Waals surface area contributed by atoms with Crippen LogP contribution in [0.2, 0.25) is 0 Å². The van der Waals surface area contributed by atoms with Gasteiger partial charge in [0.05, 0.1) is 10.9 Å². The number of benzene rings is 1. The third-order valence-corrected chi connectivity index (χ3v) is 5.30. The summed E-state index contributed by atoms with van der Waals surface area (Å²) in [6.45, 7) is 0. The van der Waals surface area contributed by atoms with E-state index in [4.69, 9.17) is 4.42 Å².